The average molecular weight is 435 g/mol. The van der Waals surface area contributed by atoms with Gasteiger partial charge in [0.15, 0.2) is 5.78 Å². The Kier molecular flexibility index (Phi) is 10.3. The molecule has 0 radical (unpaired) electrons. The van der Waals surface area contributed by atoms with Crippen molar-refractivity contribution in [2.75, 3.05) is 0 Å². The Labute approximate surface area is 195 Å². The second kappa shape index (κ2) is 13.5. The number of ether oxygens (including phenoxy) is 1. The van der Waals surface area contributed by atoms with E-state index in [0.29, 0.717) is 13.0 Å². The molecule has 32 heavy (non-hydrogen) atoms. The highest BCUT2D eigenvalue weighted by atomic mass is 16.5. The van der Waals surface area contributed by atoms with Gasteiger partial charge in [-0.25, -0.2) is 0 Å². The third kappa shape index (κ3) is 7.80. The molecule has 1 fully saturated rings. The van der Waals surface area contributed by atoms with Crippen LogP contribution in [0.25, 0.3) is 0 Å². The normalized spacial score (nSPS) is 20.5. The number of unbranched alkanes of at least 4 members (excludes halogenated alkanes) is 1. The van der Waals surface area contributed by atoms with E-state index in [1.165, 1.54) is 57.8 Å². The van der Waals surface area contributed by atoms with Crippen molar-refractivity contribution in [2.24, 2.45) is 11.8 Å². The molecule has 2 unspecified atom stereocenters. The Hall–Kier alpha value is -2.09. The van der Waals surface area contributed by atoms with Crippen LogP contribution in [0.1, 0.15) is 106 Å². The van der Waals surface area contributed by atoms with E-state index in [1.807, 2.05) is 48.5 Å². The molecular weight excluding hydrogens is 392 g/mol. The summed E-state index contributed by atoms with van der Waals surface area (Å²) >= 11 is 0. The molecule has 0 heterocycles. The summed E-state index contributed by atoms with van der Waals surface area (Å²) in [6.07, 6.45) is 16.0. The highest BCUT2D eigenvalue weighted by Gasteiger charge is 2.18. The Morgan fingerprint density at radius 2 is 1.69 bits per heavy atom. The Bertz CT molecular complexity index is 811. The lowest BCUT2D eigenvalue weighted by molar-refractivity contribution is 0.0972. The standard InChI is InChI=1S/C17H16O2.C13H26/c18-17-8-4-7-14-11-15(9-10-16(14)17)19-12-13-5-2-1-3-6-13;1-3-5-8-13-10-7-6-9-12(4-2)11-13/h1-3,5-6,9-11H,4,7-8,12H2;12-13H,3-11H2,1-2H3. The maximum absolute atomic E-state index is 11.7. The quantitative estimate of drug-likeness (QED) is 0.408. The van der Waals surface area contributed by atoms with Crippen molar-refractivity contribution in [3.05, 3.63) is 65.2 Å². The lowest BCUT2D eigenvalue weighted by Gasteiger charge is -2.18. The Morgan fingerprint density at radius 3 is 2.44 bits per heavy atom. The maximum Gasteiger partial charge on any atom is 0.163 e. The second-order valence-corrected chi connectivity index (χ2v) is 9.67. The number of fused-ring (bicyclic) bond motifs is 1. The predicted molar refractivity (Wildman–Crippen MR) is 134 cm³/mol. The van der Waals surface area contributed by atoms with E-state index in [4.69, 9.17) is 4.74 Å². The fourth-order valence-electron chi connectivity index (χ4n) is 5.15. The second-order valence-electron chi connectivity index (χ2n) is 9.67. The van der Waals surface area contributed by atoms with Gasteiger partial charge >= 0.3 is 0 Å². The Morgan fingerprint density at radius 1 is 0.906 bits per heavy atom. The predicted octanol–water partition coefficient (Wildman–Crippen LogP) is 8.57. The largest absolute Gasteiger partial charge is 0.489 e. The van der Waals surface area contributed by atoms with E-state index in [1.54, 1.807) is 0 Å². The van der Waals surface area contributed by atoms with Gasteiger partial charge < -0.3 is 4.74 Å². The summed E-state index contributed by atoms with van der Waals surface area (Å²) < 4.78 is 5.78. The van der Waals surface area contributed by atoms with Crippen molar-refractivity contribution in [3.63, 3.8) is 0 Å². The molecule has 2 aromatic carbocycles. The van der Waals surface area contributed by atoms with Gasteiger partial charge in [0, 0.05) is 12.0 Å². The number of aryl methyl sites for hydroxylation is 1. The lowest BCUT2D eigenvalue weighted by Crippen LogP contribution is -2.10. The van der Waals surface area contributed by atoms with Crippen LogP contribution in [0.4, 0.5) is 0 Å². The summed E-state index contributed by atoms with van der Waals surface area (Å²) in [4.78, 5) is 11.7. The van der Waals surface area contributed by atoms with Crippen LogP contribution >= 0.6 is 0 Å². The lowest BCUT2D eigenvalue weighted by atomic mass is 9.88. The van der Waals surface area contributed by atoms with Gasteiger partial charge in [-0.1, -0.05) is 95.5 Å². The molecule has 2 aliphatic rings. The van der Waals surface area contributed by atoms with Crippen LogP contribution < -0.4 is 4.74 Å². The van der Waals surface area contributed by atoms with Gasteiger partial charge in [0.05, 0.1) is 0 Å². The highest BCUT2D eigenvalue weighted by Crippen LogP contribution is 2.32. The average Bonchev–Trinajstić information content (AvgIpc) is 3.08. The van der Waals surface area contributed by atoms with Crippen LogP contribution in [-0.4, -0.2) is 5.78 Å². The van der Waals surface area contributed by atoms with Crippen molar-refractivity contribution in [1.29, 1.82) is 0 Å². The first kappa shape index (κ1) is 24.6. The van der Waals surface area contributed by atoms with E-state index < -0.39 is 0 Å². The molecule has 0 amide bonds. The van der Waals surface area contributed by atoms with Gasteiger partial charge in [-0.05, 0) is 60.4 Å². The van der Waals surface area contributed by atoms with Crippen molar-refractivity contribution in [1.82, 2.24) is 0 Å². The van der Waals surface area contributed by atoms with E-state index in [2.05, 4.69) is 13.8 Å². The maximum atomic E-state index is 11.7. The van der Waals surface area contributed by atoms with E-state index in [-0.39, 0.29) is 5.78 Å². The summed E-state index contributed by atoms with van der Waals surface area (Å²) in [5, 5.41) is 0. The molecule has 2 aromatic rings. The molecular formula is C30H42O2. The molecule has 0 aliphatic heterocycles. The van der Waals surface area contributed by atoms with Crippen molar-refractivity contribution < 1.29 is 9.53 Å². The van der Waals surface area contributed by atoms with Gasteiger partial charge in [0.25, 0.3) is 0 Å². The minimum absolute atomic E-state index is 0.260. The molecule has 2 atom stereocenters. The van der Waals surface area contributed by atoms with Gasteiger partial charge in [0.1, 0.15) is 12.4 Å². The van der Waals surface area contributed by atoms with E-state index in [9.17, 15) is 4.79 Å². The van der Waals surface area contributed by atoms with E-state index in [0.717, 1.165) is 47.1 Å². The zero-order chi connectivity index (χ0) is 22.6. The summed E-state index contributed by atoms with van der Waals surface area (Å²) in [5.74, 6) is 3.24. The zero-order valence-electron chi connectivity index (χ0n) is 20.3. The van der Waals surface area contributed by atoms with Gasteiger partial charge in [-0.15, -0.1) is 0 Å². The number of carbonyl (C=O) groups is 1. The number of hydrogen-bond acceptors (Lipinski definition) is 2. The van der Waals surface area contributed by atoms with Crippen LogP contribution in [0, 0.1) is 11.8 Å². The summed E-state index contributed by atoms with van der Waals surface area (Å²) in [6.45, 7) is 5.24. The number of Topliss-reactive ketones (excluding diaryl/α,β-unsaturated/α-hetero) is 1. The first-order chi connectivity index (χ1) is 15.7. The van der Waals surface area contributed by atoms with Gasteiger partial charge in [0.2, 0.25) is 0 Å². The number of rotatable bonds is 7. The monoisotopic (exact) mass is 434 g/mol. The zero-order valence-corrected chi connectivity index (χ0v) is 20.3. The smallest absolute Gasteiger partial charge is 0.163 e. The first-order valence-electron chi connectivity index (χ1n) is 13.0. The molecule has 0 bridgehead atoms. The van der Waals surface area contributed by atoms with Crippen LogP contribution in [0.3, 0.4) is 0 Å². The molecule has 2 heteroatoms. The molecule has 2 aliphatic carbocycles. The molecule has 0 saturated heterocycles. The molecule has 4 rings (SSSR count). The van der Waals surface area contributed by atoms with Crippen molar-refractivity contribution in [2.45, 2.75) is 97.5 Å². The van der Waals surface area contributed by atoms with Gasteiger partial charge in [-0.3, -0.25) is 4.79 Å². The van der Waals surface area contributed by atoms with Crippen LogP contribution in [0.2, 0.25) is 0 Å². The minimum Gasteiger partial charge on any atom is -0.489 e. The highest BCUT2D eigenvalue weighted by molar-refractivity contribution is 5.98. The minimum atomic E-state index is 0.260. The topological polar surface area (TPSA) is 26.3 Å². The van der Waals surface area contributed by atoms with Gasteiger partial charge in [-0.2, -0.15) is 0 Å². The molecule has 0 spiro atoms. The fraction of sp³-hybridized carbons (Fsp3) is 0.567. The fourth-order valence-corrected chi connectivity index (χ4v) is 5.15. The molecule has 2 nitrogen and oxygen atoms in total. The number of benzene rings is 2. The summed E-state index contributed by atoms with van der Waals surface area (Å²) in [7, 11) is 0. The van der Waals surface area contributed by atoms with Crippen LogP contribution in [0.5, 0.6) is 5.75 Å². The SMILES string of the molecule is CCCCC1CCCCC(CC)C1.O=C1CCCc2cc(OCc3ccccc3)ccc21. The molecule has 1 saturated carbocycles. The summed E-state index contributed by atoms with van der Waals surface area (Å²) in [6, 6.07) is 15.9. The number of ketones is 1. The van der Waals surface area contributed by atoms with Crippen LogP contribution in [0.15, 0.2) is 48.5 Å². The number of hydrogen-bond donors (Lipinski definition) is 0. The molecule has 0 N–H and O–H groups in total. The van der Waals surface area contributed by atoms with Crippen molar-refractivity contribution >= 4 is 5.78 Å². The van der Waals surface area contributed by atoms with Crippen molar-refractivity contribution in [3.8, 4) is 5.75 Å². The van der Waals surface area contributed by atoms with Crippen LogP contribution in [-0.2, 0) is 13.0 Å². The Balaban J connectivity index is 0.000000195. The third-order valence-electron chi connectivity index (χ3n) is 7.16. The molecule has 174 valence electrons. The number of carbonyl (C=O) groups excluding carboxylic acids is 1. The third-order valence-corrected chi connectivity index (χ3v) is 7.16. The summed E-state index contributed by atoms with van der Waals surface area (Å²) in [5.41, 5.74) is 3.15. The molecule has 0 aromatic heterocycles. The van der Waals surface area contributed by atoms with E-state index >= 15 is 0 Å². The first-order valence-corrected chi connectivity index (χ1v) is 13.0.